The van der Waals surface area contributed by atoms with Crippen molar-refractivity contribution in [1.82, 2.24) is 45.3 Å². The summed E-state index contributed by atoms with van der Waals surface area (Å²) in [7, 11) is 6.27. The van der Waals surface area contributed by atoms with Crippen molar-refractivity contribution < 1.29 is 9.31 Å². The molecule has 3 atom stereocenters. The molecule has 0 aliphatic carbocycles. The quantitative estimate of drug-likeness (QED) is 0.134. The average molecular weight is 1260 g/mol. The van der Waals surface area contributed by atoms with E-state index in [9.17, 15) is 0 Å². The highest BCUT2D eigenvalue weighted by Crippen LogP contribution is 2.41. The van der Waals surface area contributed by atoms with Crippen LogP contribution in [0.2, 0.25) is 5.15 Å². The van der Waals surface area contributed by atoms with E-state index in [4.69, 9.17) is 38.1 Å². The number of fused-ring (bicyclic) bond motifs is 6. The van der Waals surface area contributed by atoms with E-state index in [-0.39, 0.29) is 18.3 Å². The van der Waals surface area contributed by atoms with Crippen LogP contribution in [0.3, 0.4) is 0 Å². The summed E-state index contributed by atoms with van der Waals surface area (Å²) in [6, 6.07) is 77.0. The molecule has 1 fully saturated rings. The first-order valence-electron chi connectivity index (χ1n) is 32.1. The van der Waals surface area contributed by atoms with E-state index in [2.05, 4.69) is 276 Å². The van der Waals surface area contributed by atoms with Gasteiger partial charge in [-0.3, -0.25) is 0 Å². The van der Waals surface area contributed by atoms with Crippen LogP contribution < -0.4 is 22.7 Å². The van der Waals surface area contributed by atoms with Gasteiger partial charge in [0.05, 0.1) is 22.6 Å². The van der Waals surface area contributed by atoms with Gasteiger partial charge in [0.15, 0.2) is 5.15 Å². The second kappa shape index (κ2) is 26.9. The van der Waals surface area contributed by atoms with Crippen LogP contribution in [-0.2, 0) is 28.9 Å². The first-order valence-corrected chi connectivity index (χ1v) is 32.4. The molecule has 472 valence electrons. The van der Waals surface area contributed by atoms with E-state index in [1.165, 1.54) is 82.4 Å². The monoisotopic (exact) mass is 1260 g/mol. The number of nitrogens with two attached hydrogens (primary N) is 3. The summed E-state index contributed by atoms with van der Waals surface area (Å²) in [5.74, 6) is 2.37. The fourth-order valence-electron chi connectivity index (χ4n) is 13.5. The fourth-order valence-corrected chi connectivity index (χ4v) is 13.6. The molecule has 3 aromatic heterocycles. The summed E-state index contributed by atoms with van der Waals surface area (Å²) >= 11 is 5.38. The molecule has 0 spiro atoms. The third-order valence-corrected chi connectivity index (χ3v) is 19.3. The third kappa shape index (κ3) is 13.9. The largest absolute Gasteiger partial charge is 0.494 e. The predicted molar refractivity (Wildman–Crippen MR) is 384 cm³/mol. The van der Waals surface area contributed by atoms with E-state index < -0.39 is 0 Å². The number of hydrogen-bond donors (Lipinski definition) is 3. The SMILES string of the molecule is CN1Cc2cc(-c3ccc(N)nn3)ccc2C(c2ccc3ccccc3c2)C1.CN1Cc2cc(-c3ccc(N)nn3)ccc2[C@H](c2ccc3ccccc3c2)C1.CN1Cc2cc(B3OC(C)(C)C(C)(C)O3)ccc2C(c2ccc3ccccc3c2)C1.Nc1ccc(Cl)nn1. The van der Waals surface area contributed by atoms with Crippen molar-refractivity contribution in [3.05, 3.63) is 274 Å². The maximum absolute atomic E-state index is 6.29. The second-order valence-corrected chi connectivity index (χ2v) is 26.8. The average Bonchev–Trinajstić information content (AvgIpc) is 1.19. The second-order valence-electron chi connectivity index (χ2n) is 26.4. The smallest absolute Gasteiger partial charge is 0.399 e. The molecule has 16 heteroatoms. The Kier molecular flexibility index (Phi) is 18.1. The van der Waals surface area contributed by atoms with E-state index in [1.54, 1.807) is 24.3 Å². The van der Waals surface area contributed by atoms with Gasteiger partial charge in [0.2, 0.25) is 0 Å². The Morgan fingerprint density at radius 3 is 1.09 bits per heavy atom. The zero-order valence-electron chi connectivity index (χ0n) is 54.3. The van der Waals surface area contributed by atoms with E-state index in [1.807, 2.05) is 12.1 Å². The Labute approximate surface area is 555 Å². The van der Waals surface area contributed by atoms with Gasteiger partial charge in [-0.25, -0.2) is 0 Å². The Morgan fingerprint density at radius 2 is 0.734 bits per heavy atom. The molecular weight excluding hydrogens is 1180 g/mol. The molecule has 9 aromatic carbocycles. The molecule has 1 saturated heterocycles. The molecule has 12 aromatic rings. The number of benzene rings is 9. The number of nitrogen functional groups attached to an aromatic ring is 3. The summed E-state index contributed by atoms with van der Waals surface area (Å²) < 4.78 is 12.6. The summed E-state index contributed by atoms with van der Waals surface area (Å²) in [6.45, 7) is 14.3. The zero-order chi connectivity index (χ0) is 65.3. The van der Waals surface area contributed by atoms with Crippen LogP contribution >= 0.6 is 11.6 Å². The van der Waals surface area contributed by atoms with Crippen molar-refractivity contribution in [2.24, 2.45) is 0 Å². The lowest BCUT2D eigenvalue weighted by Crippen LogP contribution is -2.41. The molecule has 4 aliphatic heterocycles. The van der Waals surface area contributed by atoms with Crippen molar-refractivity contribution in [1.29, 1.82) is 0 Å². The lowest BCUT2D eigenvalue weighted by molar-refractivity contribution is 0.00578. The molecule has 0 saturated carbocycles. The molecule has 0 radical (unpaired) electrons. The van der Waals surface area contributed by atoms with Crippen LogP contribution in [0.5, 0.6) is 0 Å². The van der Waals surface area contributed by atoms with Crippen molar-refractivity contribution in [3.63, 3.8) is 0 Å². The molecule has 16 rings (SSSR count). The Bertz CT molecular complexity index is 4460. The normalized spacial score (nSPS) is 18.1. The molecule has 4 aliphatic rings. The minimum atomic E-state index is -0.321. The van der Waals surface area contributed by atoms with Crippen LogP contribution in [-0.4, -0.2) is 104 Å². The first-order chi connectivity index (χ1) is 45.4. The molecule has 2 unspecified atom stereocenters. The Hall–Kier alpha value is -9.45. The standard InChI is InChI=1S/C26H30BNO2.2C24H22N4.C4H4ClN3/c1-25(2)26(3,4)30-27(29-25)22-12-13-23-21(15-22)16-28(5)17-24(23)20-11-10-18-8-6-7-9-19(18)14-20;2*1-28-14-20-13-19(23-10-11-24(25)27-26-23)8-9-21(20)22(15-28)18-7-6-16-4-2-3-5-17(16)12-18;5-3-1-2-4(6)8-7-3/h6-15,24H,16-17H2,1-5H3;2*2-13,22H,14-15H2,1H3,(H2,25,27);1-2H,(H2,6,8)/t;22-;;/m.0../s1. The van der Waals surface area contributed by atoms with Gasteiger partial charge in [-0.2, -0.15) is 0 Å². The van der Waals surface area contributed by atoms with Crippen molar-refractivity contribution in [3.8, 4) is 22.5 Å². The topological polar surface area (TPSA) is 184 Å². The van der Waals surface area contributed by atoms with E-state index in [0.29, 0.717) is 40.4 Å². The van der Waals surface area contributed by atoms with E-state index in [0.717, 1.165) is 67.2 Å². The number of nitrogens with zero attached hydrogens (tertiary/aromatic N) is 9. The first kappa shape index (κ1) is 63.3. The molecule has 14 nitrogen and oxygen atoms in total. The van der Waals surface area contributed by atoms with Gasteiger partial charge in [-0.15, -0.1) is 30.6 Å². The number of halogens is 1. The molecule has 0 amide bonds. The highest BCUT2D eigenvalue weighted by Gasteiger charge is 2.52. The lowest BCUT2D eigenvalue weighted by Gasteiger charge is -2.33. The van der Waals surface area contributed by atoms with E-state index >= 15 is 0 Å². The van der Waals surface area contributed by atoms with Gasteiger partial charge in [0, 0.05) is 68.1 Å². The number of hydrogen-bond acceptors (Lipinski definition) is 14. The van der Waals surface area contributed by atoms with Crippen molar-refractivity contribution in [2.75, 3.05) is 58.0 Å². The maximum Gasteiger partial charge on any atom is 0.494 e. The fraction of sp³-hybridized carbons (Fsp3) is 0.231. The molecule has 7 heterocycles. The van der Waals surface area contributed by atoms with Gasteiger partial charge in [0.1, 0.15) is 17.5 Å². The number of likely N-dealkylation sites (N-methyl/N-ethyl adjacent to an activating group) is 3. The van der Waals surface area contributed by atoms with Gasteiger partial charge in [0.25, 0.3) is 0 Å². The Morgan fingerprint density at radius 1 is 0.383 bits per heavy atom. The van der Waals surface area contributed by atoms with Gasteiger partial charge < -0.3 is 41.2 Å². The number of anilines is 3. The third-order valence-electron chi connectivity index (χ3n) is 19.1. The van der Waals surface area contributed by atoms with Crippen LogP contribution in [0.15, 0.2) is 218 Å². The zero-order valence-corrected chi connectivity index (χ0v) is 55.0. The number of aromatic nitrogens is 6. The van der Waals surface area contributed by atoms with Crippen LogP contribution in [0.25, 0.3) is 54.8 Å². The predicted octanol–water partition coefficient (Wildman–Crippen LogP) is 14.3. The van der Waals surface area contributed by atoms with Crippen molar-refractivity contribution >= 4 is 74.0 Å². The lowest BCUT2D eigenvalue weighted by atomic mass is 9.75. The highest BCUT2D eigenvalue weighted by molar-refractivity contribution is 6.62. The van der Waals surface area contributed by atoms with Gasteiger partial charge in [-0.1, -0.05) is 181 Å². The minimum Gasteiger partial charge on any atom is -0.399 e. The Balaban J connectivity index is 0.000000121. The molecule has 0 bridgehead atoms. The summed E-state index contributed by atoms with van der Waals surface area (Å²) in [5.41, 5.74) is 33.3. The van der Waals surface area contributed by atoms with Gasteiger partial charge >= 0.3 is 7.12 Å². The molecular formula is C78H78BClN12O2. The molecule has 6 N–H and O–H groups in total. The summed E-state index contributed by atoms with van der Waals surface area (Å²) in [4.78, 5) is 7.19. The minimum absolute atomic E-state index is 0.313. The van der Waals surface area contributed by atoms with Crippen molar-refractivity contribution in [2.45, 2.75) is 76.3 Å². The molecule has 94 heavy (non-hydrogen) atoms. The van der Waals surface area contributed by atoms with Crippen LogP contribution in [0.4, 0.5) is 17.5 Å². The highest BCUT2D eigenvalue weighted by atomic mass is 35.5. The summed E-state index contributed by atoms with van der Waals surface area (Å²) in [5, 5.41) is 31.5. The van der Waals surface area contributed by atoms with Crippen LogP contribution in [0.1, 0.15) is 95.5 Å². The van der Waals surface area contributed by atoms with Gasteiger partial charge in [-0.05, 0) is 185 Å². The maximum atomic E-state index is 6.29. The van der Waals surface area contributed by atoms with Crippen LogP contribution in [0, 0.1) is 0 Å². The summed E-state index contributed by atoms with van der Waals surface area (Å²) in [6.07, 6.45) is 0. The number of rotatable bonds is 6.